The fourth-order valence-electron chi connectivity index (χ4n) is 4.72. The van der Waals surface area contributed by atoms with Gasteiger partial charge in [0.1, 0.15) is 17.1 Å². The Bertz CT molecular complexity index is 580. The van der Waals surface area contributed by atoms with E-state index in [1.54, 1.807) is 0 Å². The number of unbranched alkanes of at least 4 members (excludes halogenated alkanes) is 13. The molecule has 0 saturated carbocycles. The van der Waals surface area contributed by atoms with Crippen molar-refractivity contribution in [1.82, 2.24) is 0 Å². The van der Waals surface area contributed by atoms with Gasteiger partial charge in [0.25, 0.3) is 0 Å². The molecule has 0 aliphatic carbocycles. The minimum Gasteiger partial charge on any atom is -0.508 e. The Labute approximate surface area is 180 Å². The fraction of sp³-hybridized carbons (Fsp3) is 0.778. The summed E-state index contributed by atoms with van der Waals surface area (Å²) in [6.45, 7) is 6.60. The number of phenolic OH excluding ortho intramolecular Hbond substituents is 1. The van der Waals surface area contributed by atoms with Crippen LogP contribution in [0, 0.1) is 6.92 Å². The average molecular weight is 403 g/mol. The van der Waals surface area contributed by atoms with Crippen LogP contribution in [0.5, 0.6) is 11.5 Å². The van der Waals surface area contributed by atoms with Crippen LogP contribution < -0.4 is 4.74 Å². The molecule has 1 aromatic carbocycles. The van der Waals surface area contributed by atoms with E-state index in [0.717, 1.165) is 30.6 Å². The van der Waals surface area contributed by atoms with Crippen LogP contribution in [0.4, 0.5) is 0 Å². The summed E-state index contributed by atoms with van der Waals surface area (Å²) in [5.74, 6) is 1.38. The Morgan fingerprint density at radius 1 is 0.828 bits per heavy atom. The van der Waals surface area contributed by atoms with Gasteiger partial charge in [0.2, 0.25) is 0 Å². The zero-order valence-corrected chi connectivity index (χ0v) is 19.5. The molecule has 0 fully saturated rings. The summed E-state index contributed by atoms with van der Waals surface area (Å²) in [6.07, 6.45) is 22.9. The van der Waals surface area contributed by atoms with E-state index in [9.17, 15) is 5.11 Å². The van der Waals surface area contributed by atoms with E-state index in [4.69, 9.17) is 4.74 Å². The molecule has 2 nitrogen and oxygen atoms in total. The zero-order chi connectivity index (χ0) is 21.0. The van der Waals surface area contributed by atoms with Gasteiger partial charge >= 0.3 is 0 Å². The predicted molar refractivity (Wildman–Crippen MR) is 125 cm³/mol. The molecule has 1 unspecified atom stereocenters. The van der Waals surface area contributed by atoms with Crippen molar-refractivity contribution in [3.8, 4) is 11.5 Å². The fourth-order valence-corrected chi connectivity index (χ4v) is 4.72. The zero-order valence-electron chi connectivity index (χ0n) is 19.5. The molecule has 2 heteroatoms. The Balaban J connectivity index is 1.48. The van der Waals surface area contributed by atoms with Crippen molar-refractivity contribution >= 4 is 0 Å². The number of hydrogen-bond acceptors (Lipinski definition) is 2. The first-order valence-electron chi connectivity index (χ1n) is 12.6. The molecule has 2 rings (SSSR count). The van der Waals surface area contributed by atoms with Gasteiger partial charge in [-0.05, 0) is 62.8 Å². The Hall–Kier alpha value is -1.18. The van der Waals surface area contributed by atoms with Crippen molar-refractivity contribution in [2.24, 2.45) is 0 Å². The SMILES string of the molecule is CCCCCCCCCCCCCCCCC1(C)CCc2cc(O)cc(C)c2O1. The number of hydrogen-bond donors (Lipinski definition) is 1. The Kier molecular flexibility index (Phi) is 11.0. The number of benzene rings is 1. The third-order valence-electron chi connectivity index (χ3n) is 6.67. The van der Waals surface area contributed by atoms with E-state index >= 15 is 0 Å². The van der Waals surface area contributed by atoms with Crippen molar-refractivity contribution in [1.29, 1.82) is 0 Å². The third kappa shape index (κ3) is 9.01. The lowest BCUT2D eigenvalue weighted by atomic mass is 9.87. The van der Waals surface area contributed by atoms with Gasteiger partial charge in [-0.2, -0.15) is 0 Å². The average Bonchev–Trinajstić information content (AvgIpc) is 2.69. The number of ether oxygens (including phenoxy) is 1. The maximum absolute atomic E-state index is 9.79. The molecule has 1 heterocycles. The lowest BCUT2D eigenvalue weighted by Gasteiger charge is -2.37. The monoisotopic (exact) mass is 402 g/mol. The smallest absolute Gasteiger partial charge is 0.126 e. The minimum atomic E-state index is -0.0359. The van der Waals surface area contributed by atoms with Gasteiger partial charge in [-0.3, -0.25) is 0 Å². The molecule has 29 heavy (non-hydrogen) atoms. The van der Waals surface area contributed by atoms with Crippen molar-refractivity contribution < 1.29 is 9.84 Å². The van der Waals surface area contributed by atoms with Gasteiger partial charge in [-0.25, -0.2) is 0 Å². The van der Waals surface area contributed by atoms with Crippen LogP contribution in [-0.2, 0) is 6.42 Å². The van der Waals surface area contributed by atoms with Gasteiger partial charge in [0.15, 0.2) is 0 Å². The van der Waals surface area contributed by atoms with Crippen LogP contribution in [0.2, 0.25) is 0 Å². The lowest BCUT2D eigenvalue weighted by Crippen LogP contribution is -2.36. The minimum absolute atomic E-state index is 0.0359. The molecule has 166 valence electrons. The standard InChI is InChI=1S/C27H46O2/c1-4-5-6-7-8-9-10-11-12-13-14-15-16-17-19-27(3)20-18-24-22-25(28)21-23(2)26(24)29-27/h21-22,28H,4-20H2,1-3H3. The van der Waals surface area contributed by atoms with Gasteiger partial charge in [0.05, 0.1) is 0 Å². The van der Waals surface area contributed by atoms with E-state index in [-0.39, 0.29) is 5.60 Å². The van der Waals surface area contributed by atoms with Crippen molar-refractivity contribution in [3.63, 3.8) is 0 Å². The molecule has 0 saturated heterocycles. The topological polar surface area (TPSA) is 29.5 Å². The summed E-state index contributed by atoms with van der Waals surface area (Å²) >= 11 is 0. The summed E-state index contributed by atoms with van der Waals surface area (Å²) < 4.78 is 6.41. The summed E-state index contributed by atoms with van der Waals surface area (Å²) in [5.41, 5.74) is 2.19. The van der Waals surface area contributed by atoms with Crippen molar-refractivity contribution in [2.45, 2.75) is 136 Å². The maximum atomic E-state index is 9.79. The second-order valence-electron chi connectivity index (χ2n) is 9.65. The molecule has 0 radical (unpaired) electrons. The van der Waals surface area contributed by atoms with Gasteiger partial charge in [-0.15, -0.1) is 0 Å². The molecular weight excluding hydrogens is 356 g/mol. The number of aromatic hydroxyl groups is 1. The Morgan fingerprint density at radius 2 is 1.34 bits per heavy atom. The van der Waals surface area contributed by atoms with Crippen LogP contribution >= 0.6 is 0 Å². The molecule has 0 spiro atoms. The summed E-state index contributed by atoms with van der Waals surface area (Å²) in [5, 5.41) is 9.79. The van der Waals surface area contributed by atoms with Crippen LogP contribution in [0.15, 0.2) is 12.1 Å². The van der Waals surface area contributed by atoms with Crippen molar-refractivity contribution in [3.05, 3.63) is 23.3 Å². The van der Waals surface area contributed by atoms with Crippen molar-refractivity contribution in [2.75, 3.05) is 0 Å². The molecule has 0 aromatic heterocycles. The molecule has 0 amide bonds. The lowest BCUT2D eigenvalue weighted by molar-refractivity contribution is 0.0525. The summed E-state index contributed by atoms with van der Waals surface area (Å²) in [4.78, 5) is 0. The molecule has 1 aliphatic heterocycles. The first-order valence-corrected chi connectivity index (χ1v) is 12.6. The highest BCUT2D eigenvalue weighted by Crippen LogP contribution is 2.40. The number of fused-ring (bicyclic) bond motifs is 1. The van der Waals surface area contributed by atoms with E-state index in [1.807, 2.05) is 19.1 Å². The molecule has 1 aliphatic rings. The van der Waals surface area contributed by atoms with Crippen LogP contribution in [0.1, 0.15) is 128 Å². The second kappa shape index (κ2) is 13.2. The largest absolute Gasteiger partial charge is 0.508 e. The molecule has 0 bridgehead atoms. The van der Waals surface area contributed by atoms with E-state index in [2.05, 4.69) is 13.8 Å². The third-order valence-corrected chi connectivity index (χ3v) is 6.67. The number of phenols is 1. The van der Waals surface area contributed by atoms with Gasteiger partial charge in [-0.1, -0.05) is 90.4 Å². The first-order chi connectivity index (χ1) is 14.0. The number of aryl methyl sites for hydroxylation is 2. The van der Waals surface area contributed by atoms with E-state index in [1.165, 1.54) is 95.5 Å². The second-order valence-corrected chi connectivity index (χ2v) is 9.65. The van der Waals surface area contributed by atoms with Gasteiger partial charge < -0.3 is 9.84 Å². The summed E-state index contributed by atoms with van der Waals surface area (Å²) in [6, 6.07) is 3.69. The molecule has 1 aromatic rings. The van der Waals surface area contributed by atoms with E-state index in [0.29, 0.717) is 5.75 Å². The first kappa shape index (κ1) is 24.1. The Morgan fingerprint density at radius 3 is 1.90 bits per heavy atom. The maximum Gasteiger partial charge on any atom is 0.126 e. The van der Waals surface area contributed by atoms with E-state index < -0.39 is 0 Å². The number of rotatable bonds is 15. The highest BCUT2D eigenvalue weighted by molar-refractivity contribution is 5.47. The highest BCUT2D eigenvalue weighted by Gasteiger charge is 2.32. The van der Waals surface area contributed by atoms with Crippen LogP contribution in [-0.4, -0.2) is 10.7 Å². The molecular formula is C27H46O2. The van der Waals surface area contributed by atoms with Gasteiger partial charge in [0, 0.05) is 0 Å². The normalized spacial score (nSPS) is 18.4. The predicted octanol–water partition coefficient (Wildman–Crippen LogP) is 8.66. The molecule has 1 atom stereocenters. The summed E-state index contributed by atoms with van der Waals surface area (Å²) in [7, 11) is 0. The highest BCUT2D eigenvalue weighted by atomic mass is 16.5. The quantitative estimate of drug-likeness (QED) is 0.297. The van der Waals surface area contributed by atoms with Crippen LogP contribution in [0.3, 0.4) is 0 Å². The molecule has 1 N–H and O–H groups in total. The van der Waals surface area contributed by atoms with Crippen LogP contribution in [0.25, 0.3) is 0 Å².